The number of thiophene rings is 1. The molecule has 0 spiro atoms. The van der Waals surface area contributed by atoms with Crippen LogP contribution < -0.4 is 0 Å². The molecule has 0 N–H and O–H groups in total. The van der Waals surface area contributed by atoms with E-state index in [4.69, 9.17) is 11.6 Å². The van der Waals surface area contributed by atoms with E-state index in [1.807, 2.05) is 11.4 Å². The molecule has 1 fully saturated rings. The average molecular weight is 296 g/mol. The van der Waals surface area contributed by atoms with E-state index in [1.54, 1.807) is 11.3 Å². The predicted octanol–water partition coefficient (Wildman–Crippen LogP) is 3.97. The molecule has 0 radical (unpaired) electrons. The number of rotatable bonds is 2. The molecule has 0 aromatic carbocycles. The summed E-state index contributed by atoms with van der Waals surface area (Å²) >= 11 is 7.84. The van der Waals surface area contributed by atoms with E-state index >= 15 is 0 Å². The summed E-state index contributed by atoms with van der Waals surface area (Å²) < 4.78 is 0. The molecule has 3 rings (SSSR count). The van der Waals surface area contributed by atoms with Crippen molar-refractivity contribution in [2.75, 3.05) is 13.1 Å². The molecule has 3 nitrogen and oxygen atoms in total. The highest BCUT2D eigenvalue weighted by Crippen LogP contribution is 2.25. The first-order valence-electron chi connectivity index (χ1n) is 6.84. The van der Waals surface area contributed by atoms with Gasteiger partial charge in [0.15, 0.2) is 0 Å². The van der Waals surface area contributed by atoms with E-state index in [0.717, 1.165) is 41.6 Å². The molecule has 0 aliphatic carbocycles. The zero-order valence-electron chi connectivity index (χ0n) is 11.1. The molecule has 1 atom stereocenters. The Morgan fingerprint density at radius 3 is 3.16 bits per heavy atom. The number of aromatic nitrogens is 2. The summed E-state index contributed by atoms with van der Waals surface area (Å²) in [4.78, 5) is 12.5. The molecule has 0 amide bonds. The first kappa shape index (κ1) is 13.3. The number of likely N-dealkylation sites (tertiary alicyclic amines) is 1. The molecule has 1 unspecified atom stereocenters. The van der Waals surface area contributed by atoms with Crippen molar-refractivity contribution in [2.45, 2.75) is 32.7 Å². The quantitative estimate of drug-likeness (QED) is 0.785. The van der Waals surface area contributed by atoms with Gasteiger partial charge in [0.25, 0.3) is 0 Å². The molecular formula is C14H18ClN3S. The minimum absolute atomic E-state index is 0.587. The van der Waals surface area contributed by atoms with E-state index in [2.05, 4.69) is 21.8 Å². The van der Waals surface area contributed by atoms with Crippen LogP contribution in [0, 0.1) is 5.92 Å². The van der Waals surface area contributed by atoms with Crippen LogP contribution in [0.4, 0.5) is 0 Å². The van der Waals surface area contributed by atoms with Gasteiger partial charge in [0.2, 0.25) is 0 Å². The lowest BCUT2D eigenvalue weighted by molar-refractivity contribution is 0.267. The van der Waals surface area contributed by atoms with Gasteiger partial charge in [-0.2, -0.15) is 0 Å². The Labute approximate surface area is 122 Å². The molecule has 2 aromatic heterocycles. The third-order valence-corrected chi connectivity index (χ3v) is 4.89. The van der Waals surface area contributed by atoms with Gasteiger partial charge in [-0.3, -0.25) is 4.90 Å². The van der Waals surface area contributed by atoms with Crippen molar-refractivity contribution in [1.29, 1.82) is 0 Å². The molecule has 0 bridgehead atoms. The normalized spacial score (nSPS) is 21.7. The smallest absolute Gasteiger partial charge is 0.145 e. The lowest BCUT2D eigenvalue weighted by atomic mass is 10.0. The molecule has 1 saturated heterocycles. The van der Waals surface area contributed by atoms with Crippen LogP contribution in [0.2, 0.25) is 5.15 Å². The monoisotopic (exact) mass is 295 g/mol. The van der Waals surface area contributed by atoms with E-state index in [1.165, 1.54) is 19.3 Å². The highest BCUT2D eigenvalue weighted by atomic mass is 35.5. The fourth-order valence-electron chi connectivity index (χ4n) is 2.61. The predicted molar refractivity (Wildman–Crippen MR) is 80.7 cm³/mol. The summed E-state index contributed by atoms with van der Waals surface area (Å²) in [6.45, 7) is 5.45. The van der Waals surface area contributed by atoms with Gasteiger partial charge in [-0.15, -0.1) is 11.3 Å². The minimum atomic E-state index is 0.587. The molecule has 3 heterocycles. The second-order valence-corrected chi connectivity index (χ2v) is 6.63. The Morgan fingerprint density at radius 2 is 2.26 bits per heavy atom. The summed E-state index contributed by atoms with van der Waals surface area (Å²) in [6, 6.07) is 1.99. The van der Waals surface area contributed by atoms with Crippen molar-refractivity contribution in [3.05, 3.63) is 22.4 Å². The first-order valence-corrected chi connectivity index (χ1v) is 8.10. The third-order valence-electron chi connectivity index (χ3n) is 3.80. The van der Waals surface area contributed by atoms with E-state index in [9.17, 15) is 0 Å². The van der Waals surface area contributed by atoms with Gasteiger partial charge in [0.05, 0.1) is 6.54 Å². The number of hydrogen-bond donors (Lipinski definition) is 0. The molecule has 102 valence electrons. The Morgan fingerprint density at radius 1 is 1.37 bits per heavy atom. The maximum Gasteiger partial charge on any atom is 0.145 e. The van der Waals surface area contributed by atoms with Gasteiger partial charge >= 0.3 is 0 Å². The van der Waals surface area contributed by atoms with Gasteiger partial charge in [0.1, 0.15) is 15.8 Å². The van der Waals surface area contributed by atoms with Crippen LogP contribution in [-0.2, 0) is 6.54 Å². The maximum absolute atomic E-state index is 6.21. The van der Waals surface area contributed by atoms with Crippen molar-refractivity contribution >= 4 is 33.2 Å². The highest BCUT2D eigenvalue weighted by molar-refractivity contribution is 7.16. The van der Waals surface area contributed by atoms with Gasteiger partial charge in [-0.25, -0.2) is 9.97 Å². The standard InChI is InChI=1S/C14H18ClN3S/c1-10-3-2-6-18(7-4-10)9-12-16-13(15)11-5-8-19-14(11)17-12/h5,8,10H,2-4,6-7,9H2,1H3. The second-order valence-electron chi connectivity index (χ2n) is 5.38. The van der Waals surface area contributed by atoms with Crippen molar-refractivity contribution < 1.29 is 0 Å². The Bertz CT molecular complexity index is 569. The Balaban J connectivity index is 1.77. The third kappa shape index (κ3) is 3.07. The molecular weight excluding hydrogens is 278 g/mol. The Hall–Kier alpha value is -0.710. The summed E-state index contributed by atoms with van der Waals surface area (Å²) in [6.07, 6.45) is 3.88. The summed E-state index contributed by atoms with van der Waals surface area (Å²) in [5, 5.41) is 3.58. The topological polar surface area (TPSA) is 29.0 Å². The van der Waals surface area contributed by atoms with Crippen LogP contribution in [0.15, 0.2) is 11.4 Å². The van der Waals surface area contributed by atoms with Crippen LogP contribution >= 0.6 is 22.9 Å². The Kier molecular flexibility index (Phi) is 4.01. The van der Waals surface area contributed by atoms with Crippen molar-refractivity contribution in [3.63, 3.8) is 0 Å². The molecule has 2 aromatic rings. The first-order chi connectivity index (χ1) is 9.22. The molecule has 0 saturated carbocycles. The van der Waals surface area contributed by atoms with Crippen molar-refractivity contribution in [2.24, 2.45) is 5.92 Å². The lowest BCUT2D eigenvalue weighted by Crippen LogP contribution is -2.25. The summed E-state index contributed by atoms with van der Waals surface area (Å²) in [5.74, 6) is 1.70. The van der Waals surface area contributed by atoms with Crippen LogP contribution in [0.25, 0.3) is 10.2 Å². The molecule has 1 aliphatic rings. The van der Waals surface area contributed by atoms with Gasteiger partial charge in [0, 0.05) is 5.39 Å². The molecule has 19 heavy (non-hydrogen) atoms. The van der Waals surface area contributed by atoms with Crippen LogP contribution in [0.3, 0.4) is 0 Å². The minimum Gasteiger partial charge on any atom is -0.296 e. The second kappa shape index (κ2) is 5.73. The van der Waals surface area contributed by atoms with Crippen molar-refractivity contribution in [3.8, 4) is 0 Å². The largest absolute Gasteiger partial charge is 0.296 e. The number of nitrogens with zero attached hydrogens (tertiary/aromatic N) is 3. The van der Waals surface area contributed by atoms with Gasteiger partial charge in [-0.05, 0) is 49.7 Å². The molecule has 5 heteroatoms. The average Bonchev–Trinajstić information content (AvgIpc) is 2.75. The number of hydrogen-bond acceptors (Lipinski definition) is 4. The van der Waals surface area contributed by atoms with Gasteiger partial charge < -0.3 is 0 Å². The summed E-state index contributed by atoms with van der Waals surface area (Å²) in [7, 11) is 0. The van der Waals surface area contributed by atoms with Crippen LogP contribution in [-0.4, -0.2) is 28.0 Å². The van der Waals surface area contributed by atoms with E-state index in [0.29, 0.717) is 5.15 Å². The summed E-state index contributed by atoms with van der Waals surface area (Å²) in [5.41, 5.74) is 0. The lowest BCUT2D eigenvalue weighted by Gasteiger charge is -2.18. The van der Waals surface area contributed by atoms with E-state index < -0.39 is 0 Å². The van der Waals surface area contributed by atoms with Crippen molar-refractivity contribution in [1.82, 2.24) is 14.9 Å². The SMILES string of the molecule is CC1CCCN(Cc2nc(Cl)c3ccsc3n2)CC1. The zero-order chi connectivity index (χ0) is 13.2. The van der Waals surface area contributed by atoms with Crippen LogP contribution in [0.5, 0.6) is 0 Å². The van der Waals surface area contributed by atoms with E-state index in [-0.39, 0.29) is 0 Å². The molecule has 1 aliphatic heterocycles. The number of fused-ring (bicyclic) bond motifs is 1. The fourth-order valence-corrected chi connectivity index (χ4v) is 3.70. The maximum atomic E-state index is 6.21. The number of halogens is 1. The zero-order valence-corrected chi connectivity index (χ0v) is 12.7. The van der Waals surface area contributed by atoms with Crippen LogP contribution in [0.1, 0.15) is 32.0 Å². The van der Waals surface area contributed by atoms with Gasteiger partial charge in [-0.1, -0.05) is 18.5 Å². The fraction of sp³-hybridized carbons (Fsp3) is 0.571. The highest BCUT2D eigenvalue weighted by Gasteiger charge is 2.16.